The van der Waals surface area contributed by atoms with Crippen molar-refractivity contribution >= 4 is 22.8 Å². The Balaban J connectivity index is 2.27. The van der Waals surface area contributed by atoms with Gasteiger partial charge in [0.1, 0.15) is 5.75 Å². The van der Waals surface area contributed by atoms with Gasteiger partial charge in [0.05, 0.1) is 0 Å². The summed E-state index contributed by atoms with van der Waals surface area (Å²) >= 11 is 0. The number of nitrogens with one attached hydrogen (secondary N) is 1. The van der Waals surface area contributed by atoms with Gasteiger partial charge in [-0.3, -0.25) is 0 Å². The molecule has 0 atom stereocenters. The zero-order valence-corrected chi connectivity index (χ0v) is 12.5. The number of fused-ring (bicyclic) bond motifs is 1. The number of aliphatic carboxylic acids is 1. The molecule has 0 bridgehead atoms. The van der Waals surface area contributed by atoms with E-state index in [9.17, 15) is 9.59 Å². The fraction of sp³-hybridized carbons (Fsp3) is 0.250. The van der Waals surface area contributed by atoms with Gasteiger partial charge in [0, 0.05) is 35.8 Å². The van der Waals surface area contributed by atoms with Crippen LogP contribution in [0.15, 0.2) is 36.5 Å². The molecule has 2 N–H and O–H groups in total. The summed E-state index contributed by atoms with van der Waals surface area (Å²) in [6.45, 7) is 0.869. The summed E-state index contributed by atoms with van der Waals surface area (Å²) in [7, 11) is 3.99. The summed E-state index contributed by atoms with van der Waals surface area (Å²) < 4.78 is 5.26. The van der Waals surface area contributed by atoms with Crippen LogP contribution in [0.25, 0.3) is 10.9 Å². The Kier molecular flexibility index (Phi) is 4.95. The van der Waals surface area contributed by atoms with Crippen LogP contribution in [0.5, 0.6) is 5.75 Å². The molecular weight excluding hydrogens is 284 g/mol. The van der Waals surface area contributed by atoms with E-state index in [0.717, 1.165) is 41.6 Å². The van der Waals surface area contributed by atoms with E-state index in [4.69, 9.17) is 9.84 Å². The van der Waals surface area contributed by atoms with Gasteiger partial charge in [0.15, 0.2) is 0 Å². The number of rotatable bonds is 6. The van der Waals surface area contributed by atoms with Gasteiger partial charge in [0.2, 0.25) is 0 Å². The van der Waals surface area contributed by atoms with Crippen molar-refractivity contribution in [1.82, 2.24) is 9.88 Å². The van der Waals surface area contributed by atoms with E-state index in [1.807, 2.05) is 26.4 Å². The van der Waals surface area contributed by atoms with Gasteiger partial charge in [0.25, 0.3) is 0 Å². The monoisotopic (exact) mass is 302 g/mol. The van der Waals surface area contributed by atoms with Gasteiger partial charge >= 0.3 is 11.9 Å². The van der Waals surface area contributed by atoms with Crippen molar-refractivity contribution in [1.29, 1.82) is 0 Å². The van der Waals surface area contributed by atoms with Gasteiger partial charge < -0.3 is 19.7 Å². The smallest absolute Gasteiger partial charge is 0.336 e. The van der Waals surface area contributed by atoms with Crippen molar-refractivity contribution in [3.63, 3.8) is 0 Å². The number of benzene rings is 1. The zero-order valence-electron chi connectivity index (χ0n) is 12.5. The van der Waals surface area contributed by atoms with Gasteiger partial charge in [-0.25, -0.2) is 9.59 Å². The SMILES string of the molecule is CN(C)CCc1c[nH]c2cccc(OC(=O)/C=C/C(=O)O)c12. The summed E-state index contributed by atoms with van der Waals surface area (Å²) in [5, 5.41) is 9.38. The molecule has 22 heavy (non-hydrogen) atoms. The third kappa shape index (κ3) is 3.95. The highest BCUT2D eigenvalue weighted by Crippen LogP contribution is 2.29. The van der Waals surface area contributed by atoms with Crippen LogP contribution in [-0.4, -0.2) is 47.6 Å². The lowest BCUT2D eigenvalue weighted by atomic mass is 10.1. The fourth-order valence-electron chi connectivity index (χ4n) is 2.13. The van der Waals surface area contributed by atoms with Gasteiger partial charge in [-0.1, -0.05) is 6.07 Å². The molecule has 6 nitrogen and oxygen atoms in total. The number of aromatic amines is 1. The van der Waals surface area contributed by atoms with Crippen LogP contribution < -0.4 is 4.74 Å². The maximum atomic E-state index is 11.7. The second kappa shape index (κ2) is 6.91. The van der Waals surface area contributed by atoms with Crippen LogP contribution in [0.3, 0.4) is 0 Å². The highest BCUT2D eigenvalue weighted by molar-refractivity contribution is 5.95. The number of likely N-dealkylation sites (N-methyl/N-ethyl adjacent to an activating group) is 1. The summed E-state index contributed by atoms with van der Waals surface area (Å²) in [4.78, 5) is 27.3. The molecule has 2 rings (SSSR count). The molecule has 0 radical (unpaired) electrons. The maximum absolute atomic E-state index is 11.7. The quantitative estimate of drug-likeness (QED) is 0.483. The summed E-state index contributed by atoms with van der Waals surface area (Å²) in [6.07, 6.45) is 4.37. The molecule has 0 aliphatic carbocycles. The van der Waals surface area contributed by atoms with Gasteiger partial charge in [-0.15, -0.1) is 0 Å². The Bertz CT molecular complexity index is 716. The minimum Gasteiger partial charge on any atom is -0.478 e. The first kappa shape index (κ1) is 15.8. The Morgan fingerprint density at radius 2 is 2.09 bits per heavy atom. The molecule has 6 heteroatoms. The number of ether oxygens (including phenoxy) is 1. The number of H-pyrrole nitrogens is 1. The molecule has 0 unspecified atom stereocenters. The molecule has 1 heterocycles. The second-order valence-electron chi connectivity index (χ2n) is 5.14. The van der Waals surface area contributed by atoms with Crippen LogP contribution in [0.4, 0.5) is 0 Å². The Morgan fingerprint density at radius 3 is 2.77 bits per heavy atom. The topological polar surface area (TPSA) is 82.6 Å². The maximum Gasteiger partial charge on any atom is 0.336 e. The molecule has 0 aliphatic rings. The minimum absolute atomic E-state index is 0.424. The second-order valence-corrected chi connectivity index (χ2v) is 5.14. The predicted molar refractivity (Wildman–Crippen MR) is 83.0 cm³/mol. The molecule has 0 fully saturated rings. The van der Waals surface area contributed by atoms with Crippen LogP contribution in [0.2, 0.25) is 0 Å². The third-order valence-corrected chi connectivity index (χ3v) is 3.15. The highest BCUT2D eigenvalue weighted by atomic mass is 16.5. The van der Waals surface area contributed by atoms with Gasteiger partial charge in [-0.2, -0.15) is 0 Å². The lowest BCUT2D eigenvalue weighted by Gasteiger charge is -2.09. The van der Waals surface area contributed by atoms with E-state index < -0.39 is 11.9 Å². The first-order valence-electron chi connectivity index (χ1n) is 6.84. The third-order valence-electron chi connectivity index (χ3n) is 3.15. The number of hydrogen-bond donors (Lipinski definition) is 2. The number of carbonyl (C=O) groups excluding carboxylic acids is 1. The normalized spacial score (nSPS) is 11.4. The average molecular weight is 302 g/mol. The van der Waals surface area contributed by atoms with Crippen LogP contribution in [0.1, 0.15) is 5.56 Å². The number of nitrogens with zero attached hydrogens (tertiary/aromatic N) is 1. The summed E-state index contributed by atoms with van der Waals surface area (Å²) in [5.74, 6) is -1.48. The Hall–Kier alpha value is -2.60. The lowest BCUT2D eigenvalue weighted by Crippen LogP contribution is -2.15. The highest BCUT2D eigenvalue weighted by Gasteiger charge is 2.12. The van der Waals surface area contributed by atoms with Crippen molar-refractivity contribution in [2.24, 2.45) is 0 Å². The summed E-state index contributed by atoms with van der Waals surface area (Å²) in [6, 6.07) is 5.37. The van der Waals surface area contributed by atoms with E-state index in [2.05, 4.69) is 9.88 Å². The van der Waals surface area contributed by atoms with E-state index in [-0.39, 0.29) is 0 Å². The molecule has 1 aromatic heterocycles. The number of carboxylic acids is 1. The molecule has 0 saturated carbocycles. The molecule has 0 amide bonds. The number of carboxylic acid groups (broad SMARTS) is 1. The van der Waals surface area contributed by atoms with E-state index in [1.165, 1.54) is 0 Å². The first-order valence-corrected chi connectivity index (χ1v) is 6.84. The van der Waals surface area contributed by atoms with Crippen molar-refractivity contribution in [3.05, 3.63) is 42.1 Å². The molecule has 0 aliphatic heterocycles. The van der Waals surface area contributed by atoms with Crippen molar-refractivity contribution in [2.75, 3.05) is 20.6 Å². The molecule has 0 spiro atoms. The number of hydrogen-bond acceptors (Lipinski definition) is 4. The predicted octanol–water partition coefficient (Wildman–Crippen LogP) is 1.82. The van der Waals surface area contributed by atoms with E-state index in [1.54, 1.807) is 12.1 Å². The van der Waals surface area contributed by atoms with Crippen LogP contribution in [-0.2, 0) is 16.0 Å². The van der Waals surface area contributed by atoms with Crippen molar-refractivity contribution in [3.8, 4) is 5.75 Å². The number of aromatic nitrogens is 1. The molecule has 116 valence electrons. The average Bonchev–Trinajstić information content (AvgIpc) is 2.87. The Morgan fingerprint density at radius 1 is 1.32 bits per heavy atom. The zero-order chi connectivity index (χ0) is 16.1. The molecule has 2 aromatic rings. The lowest BCUT2D eigenvalue weighted by molar-refractivity contribution is -0.133. The Labute approximate surface area is 128 Å². The first-order chi connectivity index (χ1) is 10.5. The molecule has 0 saturated heterocycles. The van der Waals surface area contributed by atoms with Crippen LogP contribution >= 0.6 is 0 Å². The minimum atomic E-state index is -1.19. The molecular formula is C16H18N2O4. The van der Waals surface area contributed by atoms with Crippen LogP contribution in [0, 0.1) is 0 Å². The summed E-state index contributed by atoms with van der Waals surface area (Å²) in [5.41, 5.74) is 1.93. The van der Waals surface area contributed by atoms with Crippen molar-refractivity contribution in [2.45, 2.75) is 6.42 Å². The standard InChI is InChI=1S/C16H18N2O4/c1-18(2)9-8-11-10-17-12-4-3-5-13(16(11)12)22-15(21)7-6-14(19)20/h3-7,10,17H,8-9H2,1-2H3,(H,19,20)/b7-6+. The molecule has 1 aromatic carbocycles. The number of carbonyl (C=O) groups is 2. The van der Waals surface area contributed by atoms with Crippen molar-refractivity contribution < 1.29 is 19.4 Å². The van der Waals surface area contributed by atoms with E-state index in [0.29, 0.717) is 5.75 Å². The van der Waals surface area contributed by atoms with Gasteiger partial charge in [-0.05, 0) is 38.2 Å². The largest absolute Gasteiger partial charge is 0.478 e. The number of esters is 1. The van der Waals surface area contributed by atoms with E-state index >= 15 is 0 Å². The fourth-order valence-corrected chi connectivity index (χ4v) is 2.13.